The number of nitrogens with zero attached hydrogens (tertiary/aromatic N) is 1. The Labute approximate surface area is 80.4 Å². The number of rotatable bonds is 3. The highest BCUT2D eigenvalue weighted by Crippen LogP contribution is 2.10. The maximum absolute atomic E-state index is 5.70. The van der Waals surface area contributed by atoms with Crippen LogP contribution in [-0.4, -0.2) is 25.0 Å². The Morgan fingerprint density at radius 2 is 2.08 bits per heavy atom. The smallest absolute Gasteiger partial charge is 0.0316 e. The molecule has 72 valence electrons. The van der Waals surface area contributed by atoms with Gasteiger partial charge >= 0.3 is 0 Å². The van der Waals surface area contributed by atoms with Crippen molar-refractivity contribution in [3.05, 3.63) is 29.8 Å². The summed E-state index contributed by atoms with van der Waals surface area (Å²) in [4.78, 5) is 2.21. The minimum atomic E-state index is 0.557. The van der Waals surface area contributed by atoms with Crippen molar-refractivity contribution in [1.82, 2.24) is 4.90 Å². The lowest BCUT2D eigenvalue weighted by molar-refractivity contribution is 0.312. The van der Waals surface area contributed by atoms with Gasteiger partial charge in [-0.2, -0.15) is 0 Å². The molecule has 0 saturated carbocycles. The third-order valence-electron chi connectivity index (χ3n) is 2.36. The van der Waals surface area contributed by atoms with E-state index in [9.17, 15) is 0 Å². The topological polar surface area (TPSA) is 29.3 Å². The zero-order chi connectivity index (χ0) is 9.84. The van der Waals surface area contributed by atoms with Gasteiger partial charge in [-0.3, -0.25) is 0 Å². The van der Waals surface area contributed by atoms with E-state index < -0.39 is 0 Å². The van der Waals surface area contributed by atoms with Gasteiger partial charge in [0.2, 0.25) is 0 Å². The van der Waals surface area contributed by atoms with Gasteiger partial charge in [-0.05, 0) is 45.1 Å². The molecule has 13 heavy (non-hydrogen) atoms. The quantitative estimate of drug-likeness (QED) is 0.715. The van der Waals surface area contributed by atoms with Crippen LogP contribution in [0.25, 0.3) is 0 Å². The molecule has 0 amide bonds. The van der Waals surface area contributed by atoms with E-state index >= 15 is 0 Å². The molecule has 1 atom stereocenters. The van der Waals surface area contributed by atoms with Crippen LogP contribution in [0.15, 0.2) is 24.3 Å². The van der Waals surface area contributed by atoms with E-state index in [0.29, 0.717) is 6.04 Å². The molecule has 0 spiro atoms. The van der Waals surface area contributed by atoms with E-state index in [1.54, 1.807) is 0 Å². The van der Waals surface area contributed by atoms with Crippen molar-refractivity contribution in [2.75, 3.05) is 19.8 Å². The van der Waals surface area contributed by atoms with Gasteiger partial charge in [0, 0.05) is 11.7 Å². The fourth-order valence-corrected chi connectivity index (χ4v) is 1.24. The van der Waals surface area contributed by atoms with Crippen molar-refractivity contribution >= 4 is 5.69 Å². The van der Waals surface area contributed by atoms with Crippen LogP contribution in [0.1, 0.15) is 12.5 Å². The van der Waals surface area contributed by atoms with Crippen LogP contribution in [0.2, 0.25) is 0 Å². The molecular weight excluding hydrogens is 160 g/mol. The Morgan fingerprint density at radius 3 is 2.62 bits per heavy atom. The van der Waals surface area contributed by atoms with Crippen LogP contribution in [0.5, 0.6) is 0 Å². The van der Waals surface area contributed by atoms with E-state index in [4.69, 9.17) is 5.73 Å². The number of anilines is 1. The first-order valence-corrected chi connectivity index (χ1v) is 4.60. The van der Waals surface area contributed by atoms with Gasteiger partial charge in [0.25, 0.3) is 0 Å². The molecule has 0 aliphatic rings. The standard InChI is InChI=1S/C11H18N2/c1-9(13(2)3)7-10-5-4-6-11(12)8-10/h4-6,8-9H,7,12H2,1-3H3. The second-order valence-corrected chi connectivity index (χ2v) is 3.76. The number of nitrogens with two attached hydrogens (primary N) is 1. The number of benzene rings is 1. The van der Waals surface area contributed by atoms with Gasteiger partial charge in [0.1, 0.15) is 0 Å². The van der Waals surface area contributed by atoms with Crippen molar-refractivity contribution in [3.8, 4) is 0 Å². The first-order valence-electron chi connectivity index (χ1n) is 4.60. The summed E-state index contributed by atoms with van der Waals surface area (Å²) in [5, 5.41) is 0. The first-order chi connectivity index (χ1) is 6.09. The largest absolute Gasteiger partial charge is 0.399 e. The van der Waals surface area contributed by atoms with Crippen molar-refractivity contribution in [3.63, 3.8) is 0 Å². The van der Waals surface area contributed by atoms with E-state index in [2.05, 4.69) is 32.0 Å². The van der Waals surface area contributed by atoms with Gasteiger partial charge in [0.15, 0.2) is 0 Å². The lowest BCUT2D eigenvalue weighted by Crippen LogP contribution is -2.26. The molecule has 1 unspecified atom stereocenters. The predicted molar refractivity (Wildman–Crippen MR) is 57.7 cm³/mol. The zero-order valence-electron chi connectivity index (χ0n) is 8.62. The van der Waals surface area contributed by atoms with Crippen LogP contribution < -0.4 is 5.73 Å². The Hall–Kier alpha value is -1.02. The zero-order valence-corrected chi connectivity index (χ0v) is 8.62. The molecule has 0 heterocycles. The minimum absolute atomic E-state index is 0.557. The third kappa shape index (κ3) is 3.07. The minimum Gasteiger partial charge on any atom is -0.399 e. The van der Waals surface area contributed by atoms with Crippen molar-refractivity contribution in [1.29, 1.82) is 0 Å². The van der Waals surface area contributed by atoms with Crippen LogP contribution in [0.3, 0.4) is 0 Å². The first kappa shape index (κ1) is 10.1. The number of hydrogen-bond donors (Lipinski definition) is 1. The van der Waals surface area contributed by atoms with Crippen molar-refractivity contribution in [2.24, 2.45) is 0 Å². The SMILES string of the molecule is CC(Cc1cccc(N)c1)N(C)C. The Kier molecular flexibility index (Phi) is 3.32. The molecule has 2 heteroatoms. The van der Waals surface area contributed by atoms with Crippen LogP contribution in [0, 0.1) is 0 Å². The Balaban J connectivity index is 2.64. The summed E-state index contributed by atoms with van der Waals surface area (Å²) in [6.45, 7) is 2.21. The number of nitrogen functional groups attached to an aromatic ring is 1. The Bertz CT molecular complexity index is 269. The Morgan fingerprint density at radius 1 is 1.38 bits per heavy atom. The third-order valence-corrected chi connectivity index (χ3v) is 2.36. The molecule has 1 aromatic carbocycles. The molecule has 0 saturated heterocycles. The lowest BCUT2D eigenvalue weighted by atomic mass is 10.1. The summed E-state index contributed by atoms with van der Waals surface area (Å²) in [6, 6.07) is 8.65. The van der Waals surface area contributed by atoms with Crippen molar-refractivity contribution < 1.29 is 0 Å². The molecule has 2 nitrogen and oxygen atoms in total. The number of hydrogen-bond acceptors (Lipinski definition) is 2. The van der Waals surface area contributed by atoms with Gasteiger partial charge in [0.05, 0.1) is 0 Å². The molecule has 0 radical (unpaired) electrons. The average molecular weight is 178 g/mol. The highest BCUT2D eigenvalue weighted by Gasteiger charge is 2.05. The van der Waals surface area contributed by atoms with E-state index in [1.165, 1.54) is 5.56 Å². The highest BCUT2D eigenvalue weighted by atomic mass is 15.1. The molecule has 2 N–H and O–H groups in total. The van der Waals surface area contributed by atoms with Crippen molar-refractivity contribution in [2.45, 2.75) is 19.4 Å². The molecule has 0 fully saturated rings. The maximum atomic E-state index is 5.70. The second kappa shape index (κ2) is 4.28. The van der Waals surface area contributed by atoms with E-state index in [-0.39, 0.29) is 0 Å². The van der Waals surface area contributed by atoms with Crippen LogP contribution in [-0.2, 0) is 6.42 Å². The average Bonchev–Trinajstić information content (AvgIpc) is 2.04. The molecule has 0 aromatic heterocycles. The van der Waals surface area contributed by atoms with Gasteiger partial charge in [-0.15, -0.1) is 0 Å². The van der Waals surface area contributed by atoms with Crippen LogP contribution >= 0.6 is 0 Å². The summed E-state index contributed by atoms with van der Waals surface area (Å²) < 4.78 is 0. The fraction of sp³-hybridized carbons (Fsp3) is 0.455. The van der Waals surface area contributed by atoms with Gasteiger partial charge < -0.3 is 10.6 Å². The maximum Gasteiger partial charge on any atom is 0.0316 e. The van der Waals surface area contributed by atoms with E-state index in [1.807, 2.05) is 18.2 Å². The summed E-state index contributed by atoms with van der Waals surface area (Å²) in [7, 11) is 4.19. The number of likely N-dealkylation sites (N-methyl/N-ethyl adjacent to an activating group) is 1. The summed E-state index contributed by atoms with van der Waals surface area (Å²) in [6.07, 6.45) is 1.05. The predicted octanol–water partition coefficient (Wildman–Crippen LogP) is 1.76. The summed E-state index contributed by atoms with van der Waals surface area (Å²) in [5.41, 5.74) is 7.85. The molecule has 1 aromatic rings. The normalized spacial score (nSPS) is 13.2. The van der Waals surface area contributed by atoms with Gasteiger partial charge in [-0.1, -0.05) is 12.1 Å². The summed E-state index contributed by atoms with van der Waals surface area (Å²) >= 11 is 0. The molecule has 0 bridgehead atoms. The molecule has 0 aliphatic carbocycles. The highest BCUT2D eigenvalue weighted by molar-refractivity contribution is 5.40. The van der Waals surface area contributed by atoms with Crippen LogP contribution in [0.4, 0.5) is 5.69 Å². The second-order valence-electron chi connectivity index (χ2n) is 3.76. The lowest BCUT2D eigenvalue weighted by Gasteiger charge is -2.19. The molecular formula is C11H18N2. The summed E-state index contributed by atoms with van der Waals surface area (Å²) in [5.74, 6) is 0. The monoisotopic (exact) mass is 178 g/mol. The molecule has 0 aliphatic heterocycles. The van der Waals surface area contributed by atoms with E-state index in [0.717, 1.165) is 12.1 Å². The fourth-order valence-electron chi connectivity index (χ4n) is 1.24. The van der Waals surface area contributed by atoms with Gasteiger partial charge in [-0.25, -0.2) is 0 Å². The molecule has 1 rings (SSSR count).